The zero-order chi connectivity index (χ0) is 23.2. The number of nitrogens with one attached hydrogen (secondary N) is 1. The minimum atomic E-state index is -3.74. The first-order valence-electron chi connectivity index (χ1n) is 9.87. The van der Waals surface area contributed by atoms with Crippen molar-refractivity contribution in [1.82, 2.24) is 10.2 Å². The summed E-state index contributed by atoms with van der Waals surface area (Å²) in [4.78, 5) is 27.4. The summed E-state index contributed by atoms with van der Waals surface area (Å²) < 4.78 is 26.8. The van der Waals surface area contributed by atoms with E-state index < -0.39 is 28.5 Å². The summed E-state index contributed by atoms with van der Waals surface area (Å²) in [6.45, 7) is 3.55. The molecule has 7 nitrogen and oxygen atoms in total. The first-order valence-corrected chi connectivity index (χ1v) is 12.5. The molecule has 0 aliphatic heterocycles. The maximum Gasteiger partial charge on any atom is 0.244 e. The molecule has 0 radical (unpaired) electrons. The molecule has 0 aromatic heterocycles. The second kappa shape index (κ2) is 10.8. The van der Waals surface area contributed by atoms with Crippen molar-refractivity contribution < 1.29 is 18.0 Å². The third-order valence-electron chi connectivity index (χ3n) is 5.01. The molecule has 0 spiro atoms. The lowest BCUT2D eigenvalue weighted by molar-refractivity contribution is -0.140. The van der Waals surface area contributed by atoms with Gasteiger partial charge in [0.05, 0.1) is 11.9 Å². The molecule has 0 saturated heterocycles. The summed E-state index contributed by atoms with van der Waals surface area (Å²) in [5.74, 6) is -0.748. The van der Waals surface area contributed by atoms with Crippen molar-refractivity contribution in [3.8, 4) is 0 Å². The van der Waals surface area contributed by atoms with Crippen LogP contribution in [0.5, 0.6) is 0 Å². The van der Waals surface area contributed by atoms with E-state index in [4.69, 9.17) is 0 Å². The summed E-state index contributed by atoms with van der Waals surface area (Å²) >= 11 is 3.34. The molecule has 0 aliphatic rings. The summed E-state index contributed by atoms with van der Waals surface area (Å²) in [6, 6.07) is 13.6. The highest BCUT2D eigenvalue weighted by atomic mass is 79.9. The lowest BCUT2D eigenvalue weighted by Crippen LogP contribution is -2.51. The van der Waals surface area contributed by atoms with E-state index in [0.717, 1.165) is 21.7 Å². The van der Waals surface area contributed by atoms with Gasteiger partial charge in [-0.2, -0.15) is 0 Å². The number of rotatable bonds is 9. The van der Waals surface area contributed by atoms with Crippen LogP contribution in [0.4, 0.5) is 5.69 Å². The van der Waals surface area contributed by atoms with Crippen molar-refractivity contribution in [2.24, 2.45) is 0 Å². The van der Waals surface area contributed by atoms with Crippen molar-refractivity contribution >= 4 is 43.5 Å². The Hall–Kier alpha value is -2.39. The SMILES string of the molecule is CC[C@H](C(=O)NC)N(Cc1ccccc1C)C(=O)CN(c1cccc(Br)c1)S(C)(=O)=O. The van der Waals surface area contributed by atoms with Crippen LogP contribution in [0.1, 0.15) is 24.5 Å². The number of hydrogen-bond acceptors (Lipinski definition) is 4. The Morgan fingerprint density at radius 3 is 2.35 bits per heavy atom. The Labute approximate surface area is 192 Å². The molecular weight excluding hydrogens is 482 g/mol. The molecule has 0 unspecified atom stereocenters. The molecule has 2 rings (SSSR count). The fraction of sp³-hybridized carbons (Fsp3) is 0.364. The van der Waals surface area contributed by atoms with Crippen LogP contribution >= 0.6 is 15.9 Å². The van der Waals surface area contributed by atoms with Crippen LogP contribution in [0.25, 0.3) is 0 Å². The summed E-state index contributed by atoms with van der Waals surface area (Å²) in [5, 5.41) is 2.60. The number of sulfonamides is 1. The standard InChI is InChI=1S/C22H28BrN3O4S/c1-5-20(22(28)24-3)25(14-17-10-7-6-9-16(17)2)21(27)15-26(31(4,29)30)19-12-8-11-18(23)13-19/h6-13,20H,5,14-15H2,1-4H3,(H,24,28)/t20-/m1/s1. The number of likely N-dealkylation sites (N-methyl/N-ethyl adjacent to an activating group) is 1. The quantitative estimate of drug-likeness (QED) is 0.562. The lowest BCUT2D eigenvalue weighted by Gasteiger charge is -2.33. The van der Waals surface area contributed by atoms with Gasteiger partial charge in [0.25, 0.3) is 0 Å². The first kappa shape index (κ1) is 24.9. The fourth-order valence-electron chi connectivity index (χ4n) is 3.30. The minimum Gasteiger partial charge on any atom is -0.357 e. The van der Waals surface area contributed by atoms with E-state index in [9.17, 15) is 18.0 Å². The van der Waals surface area contributed by atoms with E-state index in [1.807, 2.05) is 38.1 Å². The van der Waals surface area contributed by atoms with Crippen molar-refractivity contribution in [1.29, 1.82) is 0 Å². The molecule has 0 saturated carbocycles. The van der Waals surface area contributed by atoms with Crippen LogP contribution in [-0.2, 0) is 26.2 Å². The van der Waals surface area contributed by atoms with Crippen LogP contribution in [0.2, 0.25) is 0 Å². The molecule has 0 fully saturated rings. The smallest absolute Gasteiger partial charge is 0.244 e. The molecule has 31 heavy (non-hydrogen) atoms. The maximum absolute atomic E-state index is 13.4. The number of halogens is 1. The number of amides is 2. The van der Waals surface area contributed by atoms with Gasteiger partial charge < -0.3 is 10.2 Å². The third-order valence-corrected chi connectivity index (χ3v) is 6.64. The van der Waals surface area contributed by atoms with Gasteiger partial charge in [0.15, 0.2) is 0 Å². The molecule has 168 valence electrons. The third kappa shape index (κ3) is 6.54. The highest BCUT2D eigenvalue weighted by Gasteiger charge is 2.31. The number of anilines is 1. The fourth-order valence-corrected chi connectivity index (χ4v) is 4.53. The largest absolute Gasteiger partial charge is 0.357 e. The molecule has 1 atom stereocenters. The zero-order valence-electron chi connectivity index (χ0n) is 18.1. The van der Waals surface area contributed by atoms with Gasteiger partial charge in [-0.15, -0.1) is 0 Å². The highest BCUT2D eigenvalue weighted by Crippen LogP contribution is 2.23. The molecule has 1 N–H and O–H groups in total. The second-order valence-corrected chi connectivity index (χ2v) is 10.1. The van der Waals surface area contributed by atoms with E-state index >= 15 is 0 Å². The summed E-state index contributed by atoms with van der Waals surface area (Å²) in [7, 11) is -2.22. The molecule has 2 amide bonds. The van der Waals surface area contributed by atoms with E-state index in [-0.39, 0.29) is 12.5 Å². The van der Waals surface area contributed by atoms with Crippen molar-refractivity contribution in [3.05, 3.63) is 64.1 Å². The van der Waals surface area contributed by atoms with Gasteiger partial charge >= 0.3 is 0 Å². The minimum absolute atomic E-state index is 0.202. The van der Waals surface area contributed by atoms with Gasteiger partial charge in [0.1, 0.15) is 12.6 Å². The van der Waals surface area contributed by atoms with E-state index in [1.54, 1.807) is 24.3 Å². The predicted molar refractivity (Wildman–Crippen MR) is 126 cm³/mol. The summed E-state index contributed by atoms with van der Waals surface area (Å²) in [5.41, 5.74) is 2.25. The normalized spacial score (nSPS) is 12.2. The summed E-state index contributed by atoms with van der Waals surface area (Å²) in [6.07, 6.45) is 1.45. The maximum atomic E-state index is 13.4. The van der Waals surface area contributed by atoms with E-state index in [2.05, 4.69) is 21.2 Å². The molecule has 0 bridgehead atoms. The Morgan fingerprint density at radius 2 is 1.81 bits per heavy atom. The monoisotopic (exact) mass is 509 g/mol. The number of hydrogen-bond donors (Lipinski definition) is 1. The van der Waals surface area contributed by atoms with Crippen LogP contribution in [0.15, 0.2) is 53.0 Å². The van der Waals surface area contributed by atoms with Gasteiger partial charge in [-0.05, 0) is 42.7 Å². The Kier molecular flexibility index (Phi) is 8.64. The second-order valence-electron chi connectivity index (χ2n) is 7.24. The number of benzene rings is 2. The van der Waals surface area contributed by atoms with E-state index in [1.165, 1.54) is 11.9 Å². The van der Waals surface area contributed by atoms with Crippen LogP contribution < -0.4 is 9.62 Å². The van der Waals surface area contributed by atoms with Gasteiger partial charge in [-0.25, -0.2) is 8.42 Å². The van der Waals surface area contributed by atoms with Crippen LogP contribution in [-0.4, -0.2) is 51.0 Å². The molecule has 2 aromatic carbocycles. The van der Waals surface area contributed by atoms with Gasteiger partial charge in [0.2, 0.25) is 21.8 Å². The number of aryl methyl sites for hydroxylation is 1. The zero-order valence-corrected chi connectivity index (χ0v) is 20.5. The first-order chi connectivity index (χ1) is 14.6. The van der Waals surface area contributed by atoms with Crippen LogP contribution in [0, 0.1) is 6.92 Å². The number of nitrogens with zero attached hydrogens (tertiary/aromatic N) is 2. The van der Waals surface area contributed by atoms with Crippen molar-refractivity contribution in [2.75, 3.05) is 24.2 Å². The number of carbonyl (C=O) groups is 2. The predicted octanol–water partition coefficient (Wildman–Crippen LogP) is 3.08. The molecule has 2 aromatic rings. The molecule has 0 aliphatic carbocycles. The number of carbonyl (C=O) groups excluding carboxylic acids is 2. The molecular formula is C22H28BrN3O4S. The molecule has 0 heterocycles. The van der Waals surface area contributed by atoms with Crippen LogP contribution in [0.3, 0.4) is 0 Å². The van der Waals surface area contributed by atoms with Crippen molar-refractivity contribution in [2.45, 2.75) is 32.9 Å². The Bertz CT molecular complexity index is 1040. The lowest BCUT2D eigenvalue weighted by atomic mass is 10.1. The van der Waals surface area contributed by atoms with Gasteiger partial charge in [0, 0.05) is 18.1 Å². The topological polar surface area (TPSA) is 86.8 Å². The average molecular weight is 510 g/mol. The Balaban J connectivity index is 2.44. The highest BCUT2D eigenvalue weighted by molar-refractivity contribution is 9.10. The average Bonchev–Trinajstić information content (AvgIpc) is 2.71. The van der Waals surface area contributed by atoms with Gasteiger partial charge in [-0.3, -0.25) is 13.9 Å². The Morgan fingerprint density at radius 1 is 1.13 bits per heavy atom. The molecule has 9 heteroatoms. The van der Waals surface area contributed by atoms with E-state index in [0.29, 0.717) is 16.6 Å². The van der Waals surface area contributed by atoms with Gasteiger partial charge in [-0.1, -0.05) is 53.2 Å². The van der Waals surface area contributed by atoms with Crippen molar-refractivity contribution in [3.63, 3.8) is 0 Å².